The molecule has 1 unspecified atom stereocenters. The van der Waals surface area contributed by atoms with Crippen LogP contribution in [-0.2, 0) is 16.1 Å². The molecule has 7 heteroatoms. The number of hydrogen-bond donors (Lipinski definition) is 0. The van der Waals surface area contributed by atoms with Crippen LogP contribution in [-0.4, -0.2) is 20.5 Å². The number of aromatic nitrogens is 2. The lowest BCUT2D eigenvalue weighted by Crippen LogP contribution is -2.10. The number of benzene rings is 1. The van der Waals surface area contributed by atoms with Crippen LogP contribution in [0.15, 0.2) is 28.7 Å². The molecule has 1 atom stereocenters. The van der Waals surface area contributed by atoms with Crippen molar-refractivity contribution in [2.75, 3.05) is 0 Å². The Morgan fingerprint density at radius 2 is 2.24 bits per heavy atom. The highest BCUT2D eigenvalue weighted by atomic mass is 35.5. The molecule has 5 nitrogen and oxygen atoms in total. The second-order valence-electron chi connectivity index (χ2n) is 5.00. The highest BCUT2D eigenvalue weighted by Crippen LogP contribution is 2.53. The maximum absolute atomic E-state index is 11.6. The van der Waals surface area contributed by atoms with Crippen molar-refractivity contribution in [2.24, 2.45) is 5.92 Å². The van der Waals surface area contributed by atoms with Gasteiger partial charge < -0.3 is 9.15 Å². The van der Waals surface area contributed by atoms with Crippen LogP contribution in [0.3, 0.4) is 0 Å². The Hall–Kier alpha value is -1.59. The van der Waals surface area contributed by atoms with E-state index in [1.807, 2.05) is 31.2 Å². The van der Waals surface area contributed by atoms with Crippen LogP contribution in [0, 0.1) is 12.8 Å². The van der Waals surface area contributed by atoms with Gasteiger partial charge in [-0.1, -0.05) is 17.7 Å². The molecule has 1 saturated carbocycles. The highest BCUT2D eigenvalue weighted by Gasteiger charge is 2.57. The van der Waals surface area contributed by atoms with Gasteiger partial charge in [-0.05, 0) is 25.5 Å². The molecule has 1 aromatic carbocycles. The number of nitrogens with zero attached hydrogens (tertiary/aromatic N) is 2. The van der Waals surface area contributed by atoms with Crippen molar-refractivity contribution in [1.29, 1.82) is 0 Å². The third-order valence-corrected chi connectivity index (χ3v) is 4.02. The molecule has 0 radical (unpaired) electrons. The SMILES string of the molecule is Cc1cccc(-c2nnc(COC(=O)C3CC3(Cl)Cl)o2)c1. The average Bonchev–Trinajstić information content (AvgIpc) is 2.88. The molecule has 0 saturated heterocycles. The lowest BCUT2D eigenvalue weighted by atomic mass is 10.1. The highest BCUT2D eigenvalue weighted by molar-refractivity contribution is 6.52. The fourth-order valence-electron chi connectivity index (χ4n) is 1.91. The van der Waals surface area contributed by atoms with Crippen molar-refractivity contribution in [2.45, 2.75) is 24.3 Å². The van der Waals surface area contributed by atoms with E-state index in [-0.39, 0.29) is 12.5 Å². The maximum atomic E-state index is 11.6. The summed E-state index contributed by atoms with van der Waals surface area (Å²) in [6.45, 7) is 1.89. The summed E-state index contributed by atoms with van der Waals surface area (Å²) < 4.78 is 9.53. The summed E-state index contributed by atoms with van der Waals surface area (Å²) in [6.07, 6.45) is 0.410. The Balaban J connectivity index is 1.62. The van der Waals surface area contributed by atoms with Crippen LogP contribution in [0.25, 0.3) is 11.5 Å². The molecule has 1 fully saturated rings. The minimum Gasteiger partial charge on any atom is -0.455 e. The van der Waals surface area contributed by atoms with Gasteiger partial charge in [-0.3, -0.25) is 4.79 Å². The Labute approximate surface area is 131 Å². The van der Waals surface area contributed by atoms with E-state index in [0.717, 1.165) is 11.1 Å². The van der Waals surface area contributed by atoms with Gasteiger partial charge in [0.15, 0.2) is 6.61 Å². The monoisotopic (exact) mass is 326 g/mol. The first kappa shape index (κ1) is 14.4. The van der Waals surface area contributed by atoms with Crippen molar-refractivity contribution in [3.05, 3.63) is 35.7 Å². The van der Waals surface area contributed by atoms with Crippen molar-refractivity contribution >= 4 is 29.2 Å². The number of aryl methyl sites for hydroxylation is 1. The lowest BCUT2D eigenvalue weighted by Gasteiger charge is -2.01. The normalized spacial score (nSPS) is 19.3. The number of carbonyl (C=O) groups excluding carboxylic acids is 1. The van der Waals surface area contributed by atoms with Crippen molar-refractivity contribution < 1.29 is 13.9 Å². The van der Waals surface area contributed by atoms with Crippen LogP contribution < -0.4 is 0 Å². The van der Waals surface area contributed by atoms with E-state index in [9.17, 15) is 4.79 Å². The van der Waals surface area contributed by atoms with Gasteiger partial charge in [-0.2, -0.15) is 0 Å². The molecular weight excluding hydrogens is 315 g/mol. The standard InChI is InChI=1S/C14H12Cl2N2O3/c1-8-3-2-4-9(5-8)12-18-17-11(21-12)7-20-13(19)10-6-14(10,15)16/h2-5,10H,6-7H2,1H3. The van der Waals surface area contributed by atoms with Gasteiger partial charge in [0, 0.05) is 5.56 Å². The molecule has 21 heavy (non-hydrogen) atoms. The Kier molecular flexibility index (Phi) is 3.63. The molecule has 1 aromatic heterocycles. The van der Waals surface area contributed by atoms with Gasteiger partial charge in [0.1, 0.15) is 4.33 Å². The molecule has 1 heterocycles. The van der Waals surface area contributed by atoms with Crippen molar-refractivity contribution in [1.82, 2.24) is 10.2 Å². The second-order valence-corrected chi connectivity index (χ2v) is 6.54. The van der Waals surface area contributed by atoms with E-state index in [2.05, 4.69) is 10.2 Å². The molecule has 3 rings (SSSR count). The van der Waals surface area contributed by atoms with Crippen LogP contribution in [0.1, 0.15) is 17.9 Å². The number of esters is 1. The second kappa shape index (κ2) is 5.31. The molecular formula is C14H12Cl2N2O3. The largest absolute Gasteiger partial charge is 0.455 e. The number of alkyl halides is 2. The fourth-order valence-corrected chi connectivity index (χ4v) is 2.40. The summed E-state index contributed by atoms with van der Waals surface area (Å²) >= 11 is 11.6. The van der Waals surface area contributed by atoms with Crippen LogP contribution in [0.5, 0.6) is 0 Å². The number of hydrogen-bond acceptors (Lipinski definition) is 5. The summed E-state index contributed by atoms with van der Waals surface area (Å²) in [4.78, 5) is 11.6. The quantitative estimate of drug-likeness (QED) is 0.637. The summed E-state index contributed by atoms with van der Waals surface area (Å²) in [5.74, 6) is -0.300. The first-order valence-electron chi connectivity index (χ1n) is 6.39. The van der Waals surface area contributed by atoms with E-state index in [0.29, 0.717) is 12.3 Å². The summed E-state index contributed by atoms with van der Waals surface area (Å²) in [7, 11) is 0. The van der Waals surface area contributed by atoms with E-state index >= 15 is 0 Å². The van der Waals surface area contributed by atoms with Crippen molar-refractivity contribution in [3.8, 4) is 11.5 Å². The van der Waals surface area contributed by atoms with E-state index in [4.69, 9.17) is 32.4 Å². The van der Waals surface area contributed by atoms with Gasteiger partial charge in [-0.15, -0.1) is 33.4 Å². The average molecular weight is 327 g/mol. The molecule has 1 aliphatic rings. The fraction of sp³-hybridized carbons (Fsp3) is 0.357. The molecule has 110 valence electrons. The minimum absolute atomic E-state index is 0.0853. The van der Waals surface area contributed by atoms with Crippen molar-refractivity contribution in [3.63, 3.8) is 0 Å². The topological polar surface area (TPSA) is 65.2 Å². The zero-order chi connectivity index (χ0) is 15.0. The van der Waals surface area contributed by atoms with Gasteiger partial charge in [0.2, 0.25) is 5.89 Å². The molecule has 1 aliphatic carbocycles. The minimum atomic E-state index is -0.987. The zero-order valence-corrected chi connectivity index (χ0v) is 12.7. The van der Waals surface area contributed by atoms with Crippen LogP contribution in [0.2, 0.25) is 0 Å². The predicted molar refractivity (Wildman–Crippen MR) is 76.8 cm³/mol. The number of ether oxygens (including phenoxy) is 1. The Morgan fingerprint density at radius 3 is 2.90 bits per heavy atom. The van der Waals surface area contributed by atoms with Gasteiger partial charge in [0.05, 0.1) is 5.92 Å². The number of carbonyl (C=O) groups is 1. The van der Waals surface area contributed by atoms with E-state index in [1.54, 1.807) is 0 Å². The summed E-state index contributed by atoms with van der Waals surface area (Å²) in [6, 6.07) is 7.68. The maximum Gasteiger partial charge on any atom is 0.312 e. The first-order chi connectivity index (χ1) is 9.95. The molecule has 0 amide bonds. The molecule has 0 aliphatic heterocycles. The van der Waals surface area contributed by atoms with Crippen LogP contribution in [0.4, 0.5) is 0 Å². The van der Waals surface area contributed by atoms with E-state index < -0.39 is 16.2 Å². The molecule has 0 N–H and O–H groups in total. The Bertz CT molecular complexity index is 684. The zero-order valence-electron chi connectivity index (χ0n) is 11.2. The number of halogens is 2. The van der Waals surface area contributed by atoms with Gasteiger partial charge in [-0.25, -0.2) is 0 Å². The predicted octanol–water partition coefficient (Wildman–Crippen LogP) is 3.28. The summed E-state index contributed by atoms with van der Waals surface area (Å²) in [5.41, 5.74) is 1.91. The van der Waals surface area contributed by atoms with Gasteiger partial charge in [0.25, 0.3) is 5.89 Å². The number of rotatable bonds is 4. The third kappa shape index (κ3) is 3.19. The lowest BCUT2D eigenvalue weighted by molar-refractivity contribution is -0.147. The van der Waals surface area contributed by atoms with E-state index in [1.165, 1.54) is 0 Å². The smallest absolute Gasteiger partial charge is 0.312 e. The third-order valence-electron chi connectivity index (χ3n) is 3.18. The molecule has 0 spiro atoms. The molecule has 0 bridgehead atoms. The summed E-state index contributed by atoms with van der Waals surface area (Å²) in [5, 5.41) is 7.78. The van der Waals surface area contributed by atoms with Crippen LogP contribution >= 0.6 is 23.2 Å². The first-order valence-corrected chi connectivity index (χ1v) is 7.15. The van der Waals surface area contributed by atoms with Gasteiger partial charge >= 0.3 is 5.97 Å². The Morgan fingerprint density at radius 1 is 1.48 bits per heavy atom. The molecule has 2 aromatic rings.